The van der Waals surface area contributed by atoms with Gasteiger partial charge in [0, 0.05) is 58.1 Å². The Labute approximate surface area is 174 Å². The van der Waals surface area contributed by atoms with Crippen LogP contribution in [0.1, 0.15) is 17.8 Å². The van der Waals surface area contributed by atoms with E-state index in [-0.39, 0.29) is 5.91 Å². The molecule has 1 fully saturated rings. The second kappa shape index (κ2) is 9.76. The van der Waals surface area contributed by atoms with Crippen molar-refractivity contribution in [2.24, 2.45) is 0 Å². The molecule has 0 bridgehead atoms. The van der Waals surface area contributed by atoms with Crippen LogP contribution in [0.25, 0.3) is 10.2 Å². The third-order valence-corrected chi connectivity index (χ3v) is 6.19. The van der Waals surface area contributed by atoms with E-state index in [2.05, 4.69) is 36.1 Å². The fourth-order valence-electron chi connectivity index (χ4n) is 3.49. The van der Waals surface area contributed by atoms with E-state index < -0.39 is 0 Å². The summed E-state index contributed by atoms with van der Waals surface area (Å²) in [6.45, 7) is 5.34. The molecule has 7 nitrogen and oxygen atoms in total. The summed E-state index contributed by atoms with van der Waals surface area (Å²) in [6, 6.07) is 10.0. The standard InChI is InChI=1S/C21H26N6OS/c28-19(7-3-8-20-25-17-5-1-2-6-18(17)29-20)22-11-12-26-13-15-27(16-14-26)21-23-9-4-10-24-21/h1-2,4-6,9-10H,3,7-8,11-16H2,(H,22,28). The molecule has 0 saturated carbocycles. The van der Waals surface area contributed by atoms with Crippen molar-refractivity contribution in [1.82, 2.24) is 25.2 Å². The highest BCUT2D eigenvalue weighted by molar-refractivity contribution is 7.18. The molecule has 1 aliphatic rings. The van der Waals surface area contributed by atoms with Crippen LogP contribution in [-0.4, -0.2) is 65.0 Å². The van der Waals surface area contributed by atoms with Gasteiger partial charge < -0.3 is 10.2 Å². The molecule has 1 amide bonds. The van der Waals surface area contributed by atoms with Crippen LogP contribution in [-0.2, 0) is 11.2 Å². The van der Waals surface area contributed by atoms with Gasteiger partial charge in [-0.3, -0.25) is 9.69 Å². The number of anilines is 1. The summed E-state index contributed by atoms with van der Waals surface area (Å²) in [4.78, 5) is 29.9. The highest BCUT2D eigenvalue weighted by Gasteiger charge is 2.18. The molecule has 2 aromatic heterocycles. The summed E-state index contributed by atoms with van der Waals surface area (Å²) in [5, 5.41) is 4.16. The van der Waals surface area contributed by atoms with Gasteiger partial charge in [-0.15, -0.1) is 11.3 Å². The second-order valence-electron chi connectivity index (χ2n) is 7.16. The van der Waals surface area contributed by atoms with Crippen molar-refractivity contribution in [3.63, 3.8) is 0 Å². The maximum Gasteiger partial charge on any atom is 0.225 e. The number of thiazole rings is 1. The van der Waals surface area contributed by atoms with E-state index in [1.807, 2.05) is 24.3 Å². The Morgan fingerprint density at radius 3 is 2.66 bits per heavy atom. The fraction of sp³-hybridized carbons (Fsp3) is 0.429. The number of fused-ring (bicyclic) bond motifs is 1. The highest BCUT2D eigenvalue weighted by atomic mass is 32.1. The van der Waals surface area contributed by atoms with Crippen LogP contribution in [0.2, 0.25) is 0 Å². The average Bonchev–Trinajstić information content (AvgIpc) is 3.18. The molecule has 4 rings (SSSR count). The quantitative estimate of drug-likeness (QED) is 0.615. The number of benzene rings is 1. The topological polar surface area (TPSA) is 74.2 Å². The molecule has 1 aromatic carbocycles. The van der Waals surface area contributed by atoms with Gasteiger partial charge in [-0.25, -0.2) is 15.0 Å². The maximum absolute atomic E-state index is 12.1. The Balaban J connectivity index is 1.10. The number of carbonyl (C=O) groups is 1. The first kappa shape index (κ1) is 19.7. The molecule has 8 heteroatoms. The Hall–Kier alpha value is -2.58. The molecule has 29 heavy (non-hydrogen) atoms. The van der Waals surface area contributed by atoms with Crippen LogP contribution in [0.4, 0.5) is 5.95 Å². The molecule has 0 atom stereocenters. The zero-order chi connectivity index (χ0) is 19.9. The number of aryl methyl sites for hydroxylation is 1. The highest BCUT2D eigenvalue weighted by Crippen LogP contribution is 2.22. The molecule has 152 valence electrons. The summed E-state index contributed by atoms with van der Waals surface area (Å²) < 4.78 is 1.21. The van der Waals surface area contributed by atoms with Crippen LogP contribution in [0.15, 0.2) is 42.7 Å². The van der Waals surface area contributed by atoms with Crippen molar-refractivity contribution in [2.45, 2.75) is 19.3 Å². The lowest BCUT2D eigenvalue weighted by atomic mass is 10.2. The predicted molar refractivity (Wildman–Crippen MR) is 116 cm³/mol. The smallest absolute Gasteiger partial charge is 0.225 e. The summed E-state index contributed by atoms with van der Waals surface area (Å²) in [7, 11) is 0. The summed E-state index contributed by atoms with van der Waals surface area (Å²) >= 11 is 1.72. The van der Waals surface area contributed by atoms with Gasteiger partial charge in [0.05, 0.1) is 15.2 Å². The molecule has 1 aliphatic heterocycles. The maximum atomic E-state index is 12.1. The fourth-order valence-corrected chi connectivity index (χ4v) is 4.50. The monoisotopic (exact) mass is 410 g/mol. The molecular formula is C21H26N6OS. The number of nitrogens with one attached hydrogen (secondary N) is 1. The minimum absolute atomic E-state index is 0.127. The number of hydrogen-bond acceptors (Lipinski definition) is 7. The minimum atomic E-state index is 0.127. The lowest BCUT2D eigenvalue weighted by Gasteiger charge is -2.34. The predicted octanol–water partition coefficient (Wildman–Crippen LogP) is 2.35. The minimum Gasteiger partial charge on any atom is -0.355 e. The van der Waals surface area contributed by atoms with Crippen molar-refractivity contribution < 1.29 is 4.79 Å². The van der Waals surface area contributed by atoms with Gasteiger partial charge in [0.25, 0.3) is 0 Å². The van der Waals surface area contributed by atoms with E-state index in [9.17, 15) is 4.79 Å². The zero-order valence-corrected chi connectivity index (χ0v) is 17.3. The molecule has 0 unspecified atom stereocenters. The van der Waals surface area contributed by atoms with Crippen LogP contribution in [0.5, 0.6) is 0 Å². The normalized spacial score (nSPS) is 15.0. The first-order chi connectivity index (χ1) is 14.3. The first-order valence-corrected chi connectivity index (χ1v) is 10.9. The van der Waals surface area contributed by atoms with E-state index in [0.717, 1.165) is 62.0 Å². The molecule has 0 spiro atoms. The second-order valence-corrected chi connectivity index (χ2v) is 8.27. The van der Waals surface area contributed by atoms with Gasteiger partial charge in [0.2, 0.25) is 11.9 Å². The van der Waals surface area contributed by atoms with E-state index in [1.165, 1.54) is 4.70 Å². The zero-order valence-electron chi connectivity index (χ0n) is 16.5. The summed E-state index contributed by atoms with van der Waals surface area (Å²) in [5.41, 5.74) is 1.05. The van der Waals surface area contributed by atoms with E-state index in [1.54, 1.807) is 23.7 Å². The molecule has 1 saturated heterocycles. The lowest BCUT2D eigenvalue weighted by Crippen LogP contribution is -2.49. The molecule has 3 heterocycles. The Morgan fingerprint density at radius 1 is 1.07 bits per heavy atom. The molecule has 0 aliphatic carbocycles. The number of rotatable bonds is 8. The van der Waals surface area contributed by atoms with Gasteiger partial charge in [-0.05, 0) is 31.0 Å². The van der Waals surface area contributed by atoms with Crippen molar-refractivity contribution in [3.05, 3.63) is 47.7 Å². The van der Waals surface area contributed by atoms with E-state index >= 15 is 0 Å². The Morgan fingerprint density at radius 2 is 1.86 bits per heavy atom. The molecule has 0 radical (unpaired) electrons. The number of nitrogens with zero attached hydrogens (tertiary/aromatic N) is 5. The lowest BCUT2D eigenvalue weighted by molar-refractivity contribution is -0.121. The van der Waals surface area contributed by atoms with Crippen molar-refractivity contribution >= 4 is 33.4 Å². The average molecular weight is 411 g/mol. The Kier molecular flexibility index (Phi) is 6.63. The number of aromatic nitrogens is 3. The number of hydrogen-bond donors (Lipinski definition) is 1. The van der Waals surface area contributed by atoms with Crippen molar-refractivity contribution in [1.29, 1.82) is 0 Å². The summed E-state index contributed by atoms with van der Waals surface area (Å²) in [5.74, 6) is 0.927. The molecule has 3 aromatic rings. The number of carbonyl (C=O) groups excluding carboxylic acids is 1. The third-order valence-electron chi connectivity index (χ3n) is 5.09. The van der Waals surface area contributed by atoms with Crippen LogP contribution < -0.4 is 10.2 Å². The largest absolute Gasteiger partial charge is 0.355 e. The first-order valence-electron chi connectivity index (χ1n) is 10.1. The third kappa shape index (κ3) is 5.48. The number of amides is 1. The number of piperazine rings is 1. The Bertz CT molecular complexity index is 890. The molecule has 1 N–H and O–H groups in total. The van der Waals surface area contributed by atoms with Gasteiger partial charge in [-0.2, -0.15) is 0 Å². The van der Waals surface area contributed by atoms with Gasteiger partial charge in [0.15, 0.2) is 0 Å². The van der Waals surface area contributed by atoms with Crippen molar-refractivity contribution in [2.75, 3.05) is 44.2 Å². The van der Waals surface area contributed by atoms with Crippen LogP contribution in [0, 0.1) is 0 Å². The summed E-state index contributed by atoms with van der Waals surface area (Å²) in [6.07, 6.45) is 5.80. The van der Waals surface area contributed by atoms with Gasteiger partial charge >= 0.3 is 0 Å². The van der Waals surface area contributed by atoms with E-state index in [0.29, 0.717) is 13.0 Å². The van der Waals surface area contributed by atoms with E-state index in [4.69, 9.17) is 0 Å². The number of para-hydroxylation sites is 1. The molecular weight excluding hydrogens is 384 g/mol. The SMILES string of the molecule is O=C(CCCc1nc2ccccc2s1)NCCN1CCN(c2ncccn2)CC1. The van der Waals surface area contributed by atoms with Gasteiger partial charge in [0.1, 0.15) is 0 Å². The van der Waals surface area contributed by atoms with Crippen LogP contribution >= 0.6 is 11.3 Å². The van der Waals surface area contributed by atoms with Crippen LogP contribution in [0.3, 0.4) is 0 Å². The van der Waals surface area contributed by atoms with Crippen molar-refractivity contribution in [3.8, 4) is 0 Å². The van der Waals surface area contributed by atoms with Gasteiger partial charge in [-0.1, -0.05) is 12.1 Å².